The summed E-state index contributed by atoms with van der Waals surface area (Å²) in [4.78, 5) is 29.2. The molecule has 0 spiro atoms. The first kappa shape index (κ1) is 19.3. The average Bonchev–Trinajstić information content (AvgIpc) is 3.09. The van der Waals surface area contributed by atoms with Crippen LogP contribution >= 0.6 is 0 Å². The Morgan fingerprint density at radius 2 is 1.87 bits per heavy atom. The lowest BCUT2D eigenvalue weighted by Crippen LogP contribution is -2.39. The Labute approximate surface area is 138 Å². The van der Waals surface area contributed by atoms with Crippen molar-refractivity contribution in [2.45, 2.75) is 45.4 Å². The van der Waals surface area contributed by atoms with Crippen LogP contribution in [-0.4, -0.2) is 62.6 Å². The number of hydrogen-bond acceptors (Lipinski definition) is 4. The van der Waals surface area contributed by atoms with Gasteiger partial charge in [-0.2, -0.15) is 0 Å². The molecule has 0 radical (unpaired) electrons. The largest absolute Gasteiger partial charge is 0.469 e. The molecule has 1 heterocycles. The van der Waals surface area contributed by atoms with Crippen LogP contribution < -0.4 is 10.6 Å². The van der Waals surface area contributed by atoms with Crippen molar-refractivity contribution in [1.29, 1.82) is 0 Å². The summed E-state index contributed by atoms with van der Waals surface area (Å²) in [6.45, 7) is 5.43. The minimum absolute atomic E-state index is 0.0952. The smallest absolute Gasteiger partial charge is 0.305 e. The number of ether oxygens (including phenoxy) is 1. The lowest BCUT2D eigenvalue weighted by Gasteiger charge is -2.15. The summed E-state index contributed by atoms with van der Waals surface area (Å²) in [7, 11) is 1.41. The summed E-state index contributed by atoms with van der Waals surface area (Å²) >= 11 is 0. The Balaban J connectivity index is 2.21. The molecule has 0 atom stereocenters. The molecule has 1 rings (SSSR count). The maximum atomic E-state index is 12.0. The van der Waals surface area contributed by atoms with Crippen molar-refractivity contribution < 1.29 is 14.3 Å². The van der Waals surface area contributed by atoms with Gasteiger partial charge in [0.2, 0.25) is 5.91 Å². The Kier molecular flexibility index (Phi) is 9.83. The normalized spacial score (nSPS) is 14.7. The van der Waals surface area contributed by atoms with Crippen molar-refractivity contribution >= 4 is 17.8 Å². The minimum atomic E-state index is -0.159. The van der Waals surface area contributed by atoms with Gasteiger partial charge in [0, 0.05) is 32.6 Å². The number of esters is 1. The zero-order chi connectivity index (χ0) is 16.9. The molecule has 7 nitrogen and oxygen atoms in total. The third-order valence-corrected chi connectivity index (χ3v) is 3.75. The number of amides is 1. The zero-order valence-corrected chi connectivity index (χ0v) is 14.4. The van der Waals surface area contributed by atoms with Gasteiger partial charge in [-0.3, -0.25) is 9.59 Å². The first-order valence-electron chi connectivity index (χ1n) is 8.54. The van der Waals surface area contributed by atoms with Crippen LogP contribution in [0.25, 0.3) is 0 Å². The van der Waals surface area contributed by atoms with E-state index in [1.54, 1.807) is 0 Å². The van der Waals surface area contributed by atoms with E-state index in [-0.39, 0.29) is 18.4 Å². The molecule has 1 saturated heterocycles. The molecule has 0 unspecified atom stereocenters. The molecule has 2 N–H and O–H groups in total. The lowest BCUT2D eigenvalue weighted by atomic mass is 10.2. The number of likely N-dealkylation sites (tertiary alicyclic amines) is 1. The number of unbranched alkanes of at least 4 members (excludes halogenated alkanes) is 2. The highest BCUT2D eigenvalue weighted by atomic mass is 16.5. The number of aliphatic imine (C=N–C) groups is 1. The van der Waals surface area contributed by atoms with Gasteiger partial charge < -0.3 is 20.3 Å². The second-order valence-electron chi connectivity index (χ2n) is 5.60. The zero-order valence-electron chi connectivity index (χ0n) is 14.4. The summed E-state index contributed by atoms with van der Waals surface area (Å²) in [5.74, 6) is 0.610. The molecule has 23 heavy (non-hydrogen) atoms. The van der Waals surface area contributed by atoms with E-state index >= 15 is 0 Å². The Hall–Kier alpha value is -1.79. The molecule has 1 aliphatic heterocycles. The van der Waals surface area contributed by atoms with Crippen LogP contribution in [0.5, 0.6) is 0 Å². The standard InChI is InChI=1S/C16H30N4O3/c1-3-17-16(18-10-6-4-5-9-15(22)23-2)19-13-14(21)20-11-7-8-12-20/h3-13H2,1-2H3,(H2,17,18,19). The highest BCUT2D eigenvalue weighted by Gasteiger charge is 2.17. The van der Waals surface area contributed by atoms with Crippen LogP contribution in [0.15, 0.2) is 4.99 Å². The highest BCUT2D eigenvalue weighted by molar-refractivity contribution is 5.85. The number of hydrogen-bond donors (Lipinski definition) is 2. The molecule has 1 aliphatic rings. The Bertz CT molecular complexity index is 393. The number of rotatable bonds is 9. The molecule has 0 aromatic carbocycles. The molecule has 132 valence electrons. The third-order valence-electron chi connectivity index (χ3n) is 3.75. The van der Waals surface area contributed by atoms with Gasteiger partial charge in [-0.05, 0) is 32.6 Å². The molecule has 0 bridgehead atoms. The first-order valence-corrected chi connectivity index (χ1v) is 8.54. The van der Waals surface area contributed by atoms with Gasteiger partial charge in [0.1, 0.15) is 6.54 Å². The predicted octanol–water partition coefficient (Wildman–Crippen LogP) is 0.897. The third kappa shape index (κ3) is 8.42. The van der Waals surface area contributed by atoms with Gasteiger partial charge in [0.05, 0.1) is 7.11 Å². The molecule has 1 fully saturated rings. The molecular weight excluding hydrogens is 296 g/mol. The quantitative estimate of drug-likeness (QED) is 0.285. The van der Waals surface area contributed by atoms with Crippen LogP contribution in [0.1, 0.15) is 45.4 Å². The van der Waals surface area contributed by atoms with Crippen LogP contribution in [0.2, 0.25) is 0 Å². The fourth-order valence-electron chi connectivity index (χ4n) is 2.43. The van der Waals surface area contributed by atoms with E-state index in [4.69, 9.17) is 0 Å². The van der Waals surface area contributed by atoms with E-state index in [1.807, 2.05) is 11.8 Å². The van der Waals surface area contributed by atoms with Gasteiger partial charge in [-0.1, -0.05) is 6.42 Å². The maximum Gasteiger partial charge on any atom is 0.305 e. The SMILES string of the molecule is CCNC(=NCC(=O)N1CCCC1)NCCCCCC(=O)OC. The number of methoxy groups -OCH3 is 1. The van der Waals surface area contributed by atoms with Crippen molar-refractivity contribution in [3.63, 3.8) is 0 Å². The van der Waals surface area contributed by atoms with Crippen LogP contribution in [0.4, 0.5) is 0 Å². The fourth-order valence-corrected chi connectivity index (χ4v) is 2.43. The summed E-state index contributed by atoms with van der Waals surface area (Å²) in [6.07, 6.45) is 5.39. The first-order chi connectivity index (χ1) is 11.2. The van der Waals surface area contributed by atoms with Crippen molar-refractivity contribution in [2.24, 2.45) is 4.99 Å². The number of carbonyl (C=O) groups is 2. The highest BCUT2D eigenvalue weighted by Crippen LogP contribution is 2.07. The summed E-state index contributed by atoms with van der Waals surface area (Å²) in [5.41, 5.74) is 0. The summed E-state index contributed by atoms with van der Waals surface area (Å²) in [6, 6.07) is 0. The monoisotopic (exact) mass is 326 g/mol. The van der Waals surface area contributed by atoms with E-state index in [9.17, 15) is 9.59 Å². The van der Waals surface area contributed by atoms with E-state index in [1.165, 1.54) is 7.11 Å². The molecule has 0 aromatic rings. The fraction of sp³-hybridized carbons (Fsp3) is 0.812. The van der Waals surface area contributed by atoms with Crippen molar-refractivity contribution in [3.05, 3.63) is 0 Å². The van der Waals surface area contributed by atoms with Crippen molar-refractivity contribution in [3.8, 4) is 0 Å². The van der Waals surface area contributed by atoms with Gasteiger partial charge in [-0.15, -0.1) is 0 Å². The van der Waals surface area contributed by atoms with Gasteiger partial charge in [-0.25, -0.2) is 4.99 Å². The van der Waals surface area contributed by atoms with Crippen LogP contribution in [-0.2, 0) is 14.3 Å². The van der Waals surface area contributed by atoms with Crippen LogP contribution in [0, 0.1) is 0 Å². The average molecular weight is 326 g/mol. The summed E-state index contributed by atoms with van der Waals surface area (Å²) < 4.78 is 4.60. The number of nitrogens with one attached hydrogen (secondary N) is 2. The minimum Gasteiger partial charge on any atom is -0.469 e. The maximum absolute atomic E-state index is 12.0. The number of nitrogens with zero attached hydrogens (tertiary/aromatic N) is 2. The topological polar surface area (TPSA) is 83.0 Å². The van der Waals surface area contributed by atoms with E-state index in [0.29, 0.717) is 12.4 Å². The predicted molar refractivity (Wildman–Crippen MR) is 90.3 cm³/mol. The summed E-state index contributed by atoms with van der Waals surface area (Å²) in [5, 5.41) is 6.36. The Morgan fingerprint density at radius 3 is 2.52 bits per heavy atom. The van der Waals surface area contributed by atoms with E-state index in [2.05, 4.69) is 20.4 Å². The molecular formula is C16H30N4O3. The Morgan fingerprint density at radius 1 is 1.13 bits per heavy atom. The van der Waals surface area contributed by atoms with Gasteiger partial charge in [0.25, 0.3) is 0 Å². The molecule has 1 amide bonds. The van der Waals surface area contributed by atoms with Crippen LogP contribution in [0.3, 0.4) is 0 Å². The second-order valence-corrected chi connectivity index (χ2v) is 5.60. The van der Waals surface area contributed by atoms with Crippen molar-refractivity contribution in [1.82, 2.24) is 15.5 Å². The van der Waals surface area contributed by atoms with E-state index in [0.717, 1.165) is 58.3 Å². The molecule has 0 aliphatic carbocycles. The molecule has 0 saturated carbocycles. The number of carbonyl (C=O) groups excluding carboxylic acids is 2. The van der Waals surface area contributed by atoms with Gasteiger partial charge >= 0.3 is 5.97 Å². The molecule has 7 heteroatoms. The van der Waals surface area contributed by atoms with Crippen molar-refractivity contribution in [2.75, 3.05) is 39.8 Å². The van der Waals surface area contributed by atoms with Gasteiger partial charge in [0.15, 0.2) is 5.96 Å². The van der Waals surface area contributed by atoms with E-state index < -0.39 is 0 Å². The molecule has 0 aromatic heterocycles. The lowest BCUT2D eigenvalue weighted by molar-refractivity contribution is -0.140. The number of guanidine groups is 1. The second kappa shape index (κ2) is 11.7.